The standard InChI is InChI=1S/C19H22BrN7O4/c20-10-1-2-13(21-5-10)26-4-3-11(6-26)25-17-14-18(23-8-22-17)27(9-24-14)19-16(30)15(29)12(7-28)31-19/h1-2,5,8-9,11-12,15-16,19,28-30H,3-4,6-7H2,(H,22,23,25)/t11-,12+,15-,16-,19+/m0/s1. The van der Waals surface area contributed by atoms with Crippen LogP contribution in [-0.4, -0.2) is 83.9 Å². The minimum Gasteiger partial charge on any atom is -0.394 e. The van der Waals surface area contributed by atoms with Crippen molar-refractivity contribution in [1.82, 2.24) is 24.5 Å². The molecular formula is C19H22BrN7O4. The van der Waals surface area contributed by atoms with Crippen LogP contribution in [0.5, 0.6) is 0 Å². The fourth-order valence-corrected chi connectivity index (χ4v) is 4.32. The molecule has 11 nitrogen and oxygen atoms in total. The van der Waals surface area contributed by atoms with Crippen molar-refractivity contribution in [2.45, 2.75) is 37.0 Å². The van der Waals surface area contributed by atoms with Crippen molar-refractivity contribution in [2.75, 3.05) is 29.9 Å². The summed E-state index contributed by atoms with van der Waals surface area (Å²) in [4.78, 5) is 19.7. The summed E-state index contributed by atoms with van der Waals surface area (Å²) < 4.78 is 8.10. The highest BCUT2D eigenvalue weighted by atomic mass is 79.9. The van der Waals surface area contributed by atoms with Crippen molar-refractivity contribution in [1.29, 1.82) is 0 Å². The van der Waals surface area contributed by atoms with Gasteiger partial charge in [0.05, 0.1) is 12.9 Å². The lowest BCUT2D eigenvalue weighted by Crippen LogP contribution is -2.33. The van der Waals surface area contributed by atoms with Crippen LogP contribution >= 0.6 is 15.9 Å². The number of halogens is 1. The molecule has 2 saturated heterocycles. The van der Waals surface area contributed by atoms with Gasteiger partial charge in [-0.3, -0.25) is 4.57 Å². The third-order valence-corrected chi connectivity index (χ3v) is 6.18. The minimum atomic E-state index is -1.21. The van der Waals surface area contributed by atoms with E-state index in [0.717, 1.165) is 29.8 Å². The smallest absolute Gasteiger partial charge is 0.167 e. The number of rotatable bonds is 5. The molecule has 3 aromatic rings. The van der Waals surface area contributed by atoms with Crippen molar-refractivity contribution in [3.8, 4) is 0 Å². The first kappa shape index (κ1) is 20.5. The zero-order chi connectivity index (χ0) is 21.5. The molecule has 0 unspecified atom stereocenters. The van der Waals surface area contributed by atoms with Crippen LogP contribution < -0.4 is 10.2 Å². The Morgan fingerprint density at radius 2 is 2.03 bits per heavy atom. The van der Waals surface area contributed by atoms with Crippen LogP contribution in [0.25, 0.3) is 11.2 Å². The maximum atomic E-state index is 10.3. The van der Waals surface area contributed by atoms with Crippen molar-refractivity contribution < 1.29 is 20.1 Å². The second-order valence-corrected chi connectivity index (χ2v) is 8.60. The third kappa shape index (κ3) is 3.74. The molecule has 0 spiro atoms. The Labute approximate surface area is 185 Å². The molecule has 164 valence electrons. The van der Waals surface area contributed by atoms with Crippen LogP contribution in [0.1, 0.15) is 12.6 Å². The Kier molecular flexibility index (Phi) is 5.48. The van der Waals surface area contributed by atoms with E-state index < -0.39 is 31.1 Å². The normalized spacial score (nSPS) is 28.5. The molecule has 12 heteroatoms. The Bertz CT molecular complexity index is 1070. The number of hydrogen-bond acceptors (Lipinski definition) is 10. The van der Waals surface area contributed by atoms with Gasteiger partial charge in [0.1, 0.15) is 30.5 Å². The van der Waals surface area contributed by atoms with Crippen molar-refractivity contribution in [3.05, 3.63) is 35.5 Å². The van der Waals surface area contributed by atoms with E-state index in [2.05, 4.69) is 46.1 Å². The van der Waals surface area contributed by atoms with Crippen molar-refractivity contribution in [2.24, 2.45) is 0 Å². The molecule has 3 aromatic heterocycles. The molecule has 0 saturated carbocycles. The zero-order valence-electron chi connectivity index (χ0n) is 16.4. The van der Waals surface area contributed by atoms with Gasteiger partial charge in [0.25, 0.3) is 0 Å². The van der Waals surface area contributed by atoms with Crippen LogP contribution in [0.3, 0.4) is 0 Å². The van der Waals surface area contributed by atoms with Gasteiger partial charge in [0.15, 0.2) is 23.2 Å². The summed E-state index contributed by atoms with van der Waals surface area (Å²) in [5.41, 5.74) is 1.01. The first-order valence-electron chi connectivity index (χ1n) is 9.98. The fourth-order valence-electron chi connectivity index (χ4n) is 4.09. The second-order valence-electron chi connectivity index (χ2n) is 7.69. The maximum Gasteiger partial charge on any atom is 0.167 e. The summed E-state index contributed by atoms with van der Waals surface area (Å²) in [7, 11) is 0. The predicted octanol–water partition coefficient (Wildman–Crippen LogP) is 0.286. The topological polar surface area (TPSA) is 142 Å². The lowest BCUT2D eigenvalue weighted by molar-refractivity contribution is -0.0511. The largest absolute Gasteiger partial charge is 0.394 e. The van der Waals surface area contributed by atoms with E-state index in [9.17, 15) is 15.3 Å². The Morgan fingerprint density at radius 3 is 2.77 bits per heavy atom. The summed E-state index contributed by atoms with van der Waals surface area (Å²) in [6.45, 7) is 1.25. The number of ether oxygens (including phenoxy) is 1. The van der Waals surface area contributed by atoms with Gasteiger partial charge in [-0.05, 0) is 34.5 Å². The van der Waals surface area contributed by atoms with Gasteiger partial charge in [-0.1, -0.05) is 0 Å². The molecule has 0 aliphatic carbocycles. The maximum absolute atomic E-state index is 10.3. The molecule has 2 fully saturated rings. The lowest BCUT2D eigenvalue weighted by Gasteiger charge is -2.18. The molecule has 4 N–H and O–H groups in total. The van der Waals surface area contributed by atoms with Gasteiger partial charge >= 0.3 is 0 Å². The zero-order valence-corrected chi connectivity index (χ0v) is 18.0. The number of anilines is 2. The van der Waals surface area contributed by atoms with Crippen LogP contribution in [0.15, 0.2) is 35.5 Å². The highest BCUT2D eigenvalue weighted by Crippen LogP contribution is 2.32. The number of nitrogens with zero attached hydrogens (tertiary/aromatic N) is 6. The predicted molar refractivity (Wildman–Crippen MR) is 115 cm³/mol. The lowest BCUT2D eigenvalue weighted by atomic mass is 10.1. The number of aliphatic hydroxyl groups excluding tert-OH is 3. The molecule has 2 aliphatic heterocycles. The quantitative estimate of drug-likeness (QED) is 0.393. The van der Waals surface area contributed by atoms with E-state index in [-0.39, 0.29) is 6.04 Å². The average Bonchev–Trinajstić information content (AvgIpc) is 3.48. The molecule has 0 amide bonds. The van der Waals surface area contributed by atoms with E-state index in [1.165, 1.54) is 12.7 Å². The summed E-state index contributed by atoms with van der Waals surface area (Å²) in [6.07, 6.45) is 1.46. The number of aromatic nitrogens is 5. The first-order valence-corrected chi connectivity index (χ1v) is 10.8. The monoisotopic (exact) mass is 491 g/mol. The molecule has 5 heterocycles. The number of nitrogens with one attached hydrogen (secondary N) is 1. The summed E-state index contributed by atoms with van der Waals surface area (Å²) in [6, 6.07) is 4.11. The van der Waals surface area contributed by atoms with Gasteiger partial charge in [-0.15, -0.1) is 0 Å². The van der Waals surface area contributed by atoms with E-state index in [0.29, 0.717) is 17.0 Å². The molecule has 2 aliphatic rings. The Balaban J connectivity index is 1.34. The highest BCUT2D eigenvalue weighted by Gasteiger charge is 2.44. The number of fused-ring (bicyclic) bond motifs is 1. The molecular weight excluding hydrogens is 470 g/mol. The van der Waals surface area contributed by atoms with E-state index in [4.69, 9.17) is 4.74 Å². The van der Waals surface area contributed by atoms with E-state index in [1.54, 1.807) is 10.8 Å². The summed E-state index contributed by atoms with van der Waals surface area (Å²) >= 11 is 3.41. The Hall–Kier alpha value is -2.38. The molecule has 0 aromatic carbocycles. The number of imidazole rings is 1. The number of hydrogen-bond donors (Lipinski definition) is 4. The van der Waals surface area contributed by atoms with E-state index in [1.807, 2.05) is 12.1 Å². The third-order valence-electron chi connectivity index (χ3n) is 5.71. The number of aliphatic hydroxyl groups is 3. The van der Waals surface area contributed by atoms with Crippen molar-refractivity contribution >= 4 is 38.7 Å². The van der Waals surface area contributed by atoms with Crippen LogP contribution in [-0.2, 0) is 4.74 Å². The van der Waals surface area contributed by atoms with Gasteiger partial charge < -0.3 is 30.3 Å². The van der Waals surface area contributed by atoms with Crippen LogP contribution in [0.2, 0.25) is 0 Å². The molecule has 5 atom stereocenters. The highest BCUT2D eigenvalue weighted by molar-refractivity contribution is 9.10. The van der Waals surface area contributed by atoms with Crippen LogP contribution in [0.4, 0.5) is 11.6 Å². The van der Waals surface area contributed by atoms with Gasteiger partial charge in [-0.2, -0.15) is 0 Å². The van der Waals surface area contributed by atoms with Gasteiger partial charge in [-0.25, -0.2) is 19.9 Å². The van der Waals surface area contributed by atoms with Gasteiger partial charge in [0.2, 0.25) is 0 Å². The molecule has 0 radical (unpaired) electrons. The minimum absolute atomic E-state index is 0.155. The molecule has 31 heavy (non-hydrogen) atoms. The average molecular weight is 492 g/mol. The number of pyridine rings is 1. The fraction of sp³-hybridized carbons (Fsp3) is 0.474. The van der Waals surface area contributed by atoms with Crippen LogP contribution in [0, 0.1) is 0 Å². The summed E-state index contributed by atoms with van der Waals surface area (Å²) in [5, 5.41) is 33.2. The Morgan fingerprint density at radius 1 is 1.16 bits per heavy atom. The van der Waals surface area contributed by atoms with Crippen molar-refractivity contribution in [3.63, 3.8) is 0 Å². The van der Waals surface area contributed by atoms with E-state index >= 15 is 0 Å². The molecule has 5 rings (SSSR count). The molecule has 0 bridgehead atoms. The SMILES string of the molecule is OC[C@H]1O[C@@H](n2cnc3c(N[C@H]4CCN(c5ccc(Br)cn5)C4)ncnc32)[C@@H](O)[C@H]1O. The summed E-state index contributed by atoms with van der Waals surface area (Å²) in [5.74, 6) is 1.51. The van der Waals surface area contributed by atoms with Gasteiger partial charge in [0, 0.05) is 29.8 Å². The second kappa shape index (κ2) is 8.28. The first-order chi connectivity index (χ1) is 15.0.